The van der Waals surface area contributed by atoms with E-state index in [4.69, 9.17) is 5.10 Å². The highest BCUT2D eigenvalue weighted by Gasteiger charge is 2.29. The number of aromatic nitrogens is 5. The first kappa shape index (κ1) is 18.2. The zero-order chi connectivity index (χ0) is 19.7. The number of benzene rings is 1. The first-order chi connectivity index (χ1) is 13.5. The van der Waals surface area contributed by atoms with Crippen LogP contribution in [0, 0.1) is 0 Å². The molecule has 0 atom stereocenters. The highest BCUT2D eigenvalue weighted by Crippen LogP contribution is 2.29. The highest BCUT2D eigenvalue weighted by molar-refractivity contribution is 5.75. The maximum Gasteiger partial charge on any atom is 0.317 e. The largest absolute Gasteiger partial charge is 0.336 e. The lowest BCUT2D eigenvalue weighted by Gasteiger charge is -2.28. The molecule has 0 saturated carbocycles. The molecule has 4 rings (SSSR count). The molecule has 0 fully saturated rings. The molecule has 8 nitrogen and oxygen atoms in total. The molecular formula is C20H25N7O. The molecule has 0 unspecified atom stereocenters. The van der Waals surface area contributed by atoms with Gasteiger partial charge in [0, 0.05) is 37.3 Å². The van der Waals surface area contributed by atoms with E-state index in [-0.39, 0.29) is 12.1 Å². The van der Waals surface area contributed by atoms with Crippen molar-refractivity contribution < 1.29 is 4.79 Å². The van der Waals surface area contributed by atoms with Crippen LogP contribution in [0.5, 0.6) is 0 Å². The Hall–Kier alpha value is -3.16. The van der Waals surface area contributed by atoms with Gasteiger partial charge in [0.25, 0.3) is 0 Å². The smallest absolute Gasteiger partial charge is 0.317 e. The molecule has 1 aliphatic rings. The summed E-state index contributed by atoms with van der Waals surface area (Å²) in [6.45, 7) is 5.81. The number of carbonyl (C=O) groups excluding carboxylic acids is 1. The minimum atomic E-state index is -0.0406. The van der Waals surface area contributed by atoms with E-state index in [9.17, 15) is 4.79 Å². The van der Waals surface area contributed by atoms with Crippen LogP contribution in [0.4, 0.5) is 4.79 Å². The minimum Gasteiger partial charge on any atom is -0.336 e. The monoisotopic (exact) mass is 379 g/mol. The number of fused-ring (bicyclic) bond motifs is 1. The first-order valence-corrected chi connectivity index (χ1v) is 9.55. The molecule has 0 aliphatic carbocycles. The van der Waals surface area contributed by atoms with E-state index in [2.05, 4.69) is 27.6 Å². The van der Waals surface area contributed by atoms with Gasteiger partial charge in [-0.2, -0.15) is 5.10 Å². The van der Waals surface area contributed by atoms with Crippen molar-refractivity contribution in [1.29, 1.82) is 0 Å². The van der Waals surface area contributed by atoms with Gasteiger partial charge in [0.2, 0.25) is 0 Å². The van der Waals surface area contributed by atoms with Crippen LogP contribution in [0.15, 0.2) is 36.7 Å². The Morgan fingerprint density at radius 1 is 1.25 bits per heavy atom. The molecule has 146 valence electrons. The SMILES string of the molecule is CC(C)NC(=O)N1CCc2c(c(-c3nncn3Cc3ccccc3)nn2C)C1. The molecule has 3 aromatic rings. The Labute approximate surface area is 164 Å². The molecule has 0 saturated heterocycles. The summed E-state index contributed by atoms with van der Waals surface area (Å²) < 4.78 is 3.91. The Bertz CT molecular complexity index is 974. The second-order valence-corrected chi connectivity index (χ2v) is 7.44. The van der Waals surface area contributed by atoms with Gasteiger partial charge in [0.1, 0.15) is 12.0 Å². The van der Waals surface area contributed by atoms with Gasteiger partial charge in [-0.25, -0.2) is 4.79 Å². The van der Waals surface area contributed by atoms with Crippen LogP contribution in [-0.4, -0.2) is 48.1 Å². The third-order valence-electron chi connectivity index (χ3n) is 4.96. The van der Waals surface area contributed by atoms with Gasteiger partial charge in [0.15, 0.2) is 5.82 Å². The quantitative estimate of drug-likeness (QED) is 0.754. The fraction of sp³-hybridized carbons (Fsp3) is 0.400. The van der Waals surface area contributed by atoms with Crippen molar-refractivity contribution in [1.82, 2.24) is 34.8 Å². The fourth-order valence-electron chi connectivity index (χ4n) is 3.62. The van der Waals surface area contributed by atoms with Gasteiger partial charge in [-0.3, -0.25) is 4.68 Å². The van der Waals surface area contributed by atoms with Crippen molar-refractivity contribution in [2.24, 2.45) is 7.05 Å². The number of hydrogen-bond donors (Lipinski definition) is 1. The lowest BCUT2D eigenvalue weighted by Crippen LogP contribution is -2.45. The van der Waals surface area contributed by atoms with Crippen LogP contribution < -0.4 is 5.32 Å². The van der Waals surface area contributed by atoms with E-state index in [0.29, 0.717) is 19.6 Å². The van der Waals surface area contributed by atoms with Gasteiger partial charge in [-0.05, 0) is 19.4 Å². The number of hydrogen-bond acceptors (Lipinski definition) is 4. The fourth-order valence-corrected chi connectivity index (χ4v) is 3.62. The summed E-state index contributed by atoms with van der Waals surface area (Å²) in [6, 6.07) is 10.3. The van der Waals surface area contributed by atoms with Crippen LogP contribution in [0.2, 0.25) is 0 Å². The van der Waals surface area contributed by atoms with Crippen molar-refractivity contribution in [2.45, 2.75) is 39.4 Å². The summed E-state index contributed by atoms with van der Waals surface area (Å²) in [5.41, 5.74) is 4.17. The van der Waals surface area contributed by atoms with Gasteiger partial charge in [-0.15, -0.1) is 10.2 Å². The molecule has 2 aromatic heterocycles. The molecular weight excluding hydrogens is 354 g/mol. The molecule has 8 heteroatoms. The summed E-state index contributed by atoms with van der Waals surface area (Å²) in [7, 11) is 1.95. The number of amides is 2. The van der Waals surface area contributed by atoms with Crippen LogP contribution >= 0.6 is 0 Å². The Kier molecular flexibility index (Phi) is 4.85. The molecule has 0 bridgehead atoms. The average Bonchev–Trinajstić information content (AvgIpc) is 3.26. The zero-order valence-corrected chi connectivity index (χ0v) is 16.5. The van der Waals surface area contributed by atoms with E-state index < -0.39 is 0 Å². The molecule has 0 spiro atoms. The van der Waals surface area contributed by atoms with Gasteiger partial charge in [-0.1, -0.05) is 30.3 Å². The summed E-state index contributed by atoms with van der Waals surface area (Å²) in [6.07, 6.45) is 2.51. The number of urea groups is 1. The summed E-state index contributed by atoms with van der Waals surface area (Å²) in [5, 5.41) is 16.2. The van der Waals surface area contributed by atoms with Crippen molar-refractivity contribution in [3.63, 3.8) is 0 Å². The number of aryl methyl sites for hydroxylation is 1. The zero-order valence-electron chi connectivity index (χ0n) is 16.5. The molecule has 1 aromatic carbocycles. The van der Waals surface area contributed by atoms with E-state index in [1.165, 1.54) is 5.56 Å². The normalized spacial score (nSPS) is 13.6. The molecule has 1 aliphatic heterocycles. The van der Waals surface area contributed by atoms with Crippen LogP contribution in [0.25, 0.3) is 11.5 Å². The summed E-state index contributed by atoms with van der Waals surface area (Å²) in [4.78, 5) is 14.3. The van der Waals surface area contributed by atoms with Crippen molar-refractivity contribution >= 4 is 6.03 Å². The van der Waals surface area contributed by atoms with Gasteiger partial charge in [0.05, 0.1) is 13.1 Å². The summed E-state index contributed by atoms with van der Waals surface area (Å²) in [5.74, 6) is 0.729. The average molecular weight is 379 g/mol. The van der Waals surface area contributed by atoms with Crippen molar-refractivity contribution in [3.05, 3.63) is 53.5 Å². The van der Waals surface area contributed by atoms with Crippen LogP contribution in [0.1, 0.15) is 30.7 Å². The Morgan fingerprint density at radius 2 is 2.04 bits per heavy atom. The Balaban J connectivity index is 1.65. The van der Waals surface area contributed by atoms with Crippen molar-refractivity contribution in [3.8, 4) is 11.5 Å². The molecule has 0 radical (unpaired) electrons. The first-order valence-electron chi connectivity index (χ1n) is 9.55. The number of nitrogens with zero attached hydrogens (tertiary/aromatic N) is 6. The van der Waals surface area contributed by atoms with Crippen LogP contribution in [0.3, 0.4) is 0 Å². The molecule has 28 heavy (non-hydrogen) atoms. The Morgan fingerprint density at radius 3 is 2.79 bits per heavy atom. The third kappa shape index (κ3) is 3.49. The number of rotatable bonds is 4. The number of nitrogens with one attached hydrogen (secondary N) is 1. The van der Waals surface area contributed by atoms with E-state index in [1.54, 1.807) is 6.33 Å². The highest BCUT2D eigenvalue weighted by atomic mass is 16.2. The second kappa shape index (κ2) is 7.46. The van der Waals surface area contributed by atoms with E-state index in [1.807, 2.05) is 53.2 Å². The molecule has 3 heterocycles. The predicted octanol–water partition coefficient (Wildman–Crippen LogP) is 2.20. The molecule has 2 amide bonds. The standard InChI is InChI=1S/C20H25N7O/c1-14(2)22-20(28)26-10-9-17-16(12-26)18(24-25(17)3)19-23-21-13-27(19)11-15-7-5-4-6-8-15/h4-8,13-14H,9-12H2,1-3H3,(H,22,28). The van der Waals surface area contributed by atoms with Gasteiger partial charge < -0.3 is 14.8 Å². The molecule has 1 N–H and O–H groups in total. The van der Waals surface area contributed by atoms with Crippen LogP contribution in [-0.2, 0) is 26.6 Å². The van der Waals surface area contributed by atoms with Gasteiger partial charge >= 0.3 is 6.03 Å². The maximum absolute atomic E-state index is 12.5. The minimum absolute atomic E-state index is 0.0406. The second-order valence-electron chi connectivity index (χ2n) is 7.44. The van der Waals surface area contributed by atoms with E-state index >= 15 is 0 Å². The van der Waals surface area contributed by atoms with Crippen molar-refractivity contribution in [2.75, 3.05) is 6.54 Å². The summed E-state index contributed by atoms with van der Waals surface area (Å²) >= 11 is 0. The van der Waals surface area contributed by atoms with E-state index in [0.717, 1.165) is 29.2 Å². The number of carbonyl (C=O) groups is 1. The maximum atomic E-state index is 12.5. The predicted molar refractivity (Wildman–Crippen MR) is 106 cm³/mol. The lowest BCUT2D eigenvalue weighted by atomic mass is 10.0. The lowest BCUT2D eigenvalue weighted by molar-refractivity contribution is 0.189. The topological polar surface area (TPSA) is 80.9 Å². The third-order valence-corrected chi connectivity index (χ3v) is 4.96.